The second-order valence-corrected chi connectivity index (χ2v) is 6.90. The molecule has 3 aromatic rings. The molecule has 1 aromatic heterocycles. The molecule has 0 atom stereocenters. The van der Waals surface area contributed by atoms with Crippen molar-refractivity contribution in [3.63, 3.8) is 0 Å². The Kier molecular flexibility index (Phi) is 5.60. The van der Waals surface area contributed by atoms with Crippen molar-refractivity contribution >= 4 is 17.5 Å². The van der Waals surface area contributed by atoms with Crippen molar-refractivity contribution in [3.05, 3.63) is 66.0 Å². The average Bonchev–Trinajstić information content (AvgIpc) is 3.54. The van der Waals surface area contributed by atoms with Gasteiger partial charge in [-0.2, -0.15) is 0 Å². The number of carbonyl (C=O) groups is 2. The molecular weight excluding hydrogens is 384 g/mol. The summed E-state index contributed by atoms with van der Waals surface area (Å²) >= 11 is 0. The van der Waals surface area contributed by atoms with Gasteiger partial charge in [-0.1, -0.05) is 35.5 Å². The van der Waals surface area contributed by atoms with Crippen molar-refractivity contribution in [2.75, 3.05) is 19.0 Å². The monoisotopic (exact) mass is 406 g/mol. The van der Waals surface area contributed by atoms with E-state index in [0.717, 1.165) is 24.2 Å². The van der Waals surface area contributed by atoms with Gasteiger partial charge in [0.25, 0.3) is 11.8 Å². The summed E-state index contributed by atoms with van der Waals surface area (Å²) in [6.07, 6.45) is 1.96. The van der Waals surface area contributed by atoms with Gasteiger partial charge >= 0.3 is 0 Å². The summed E-state index contributed by atoms with van der Waals surface area (Å²) in [4.78, 5) is 24.8. The number of para-hydroxylation sites is 3. The van der Waals surface area contributed by atoms with Gasteiger partial charge in [-0.3, -0.25) is 20.4 Å². The van der Waals surface area contributed by atoms with Gasteiger partial charge in [-0.25, -0.2) is 4.68 Å². The molecule has 2 aromatic carbocycles. The van der Waals surface area contributed by atoms with Crippen LogP contribution in [-0.2, 0) is 4.79 Å². The highest BCUT2D eigenvalue weighted by atomic mass is 16.5. The lowest BCUT2D eigenvalue weighted by Crippen LogP contribution is -2.44. The largest absolute Gasteiger partial charge is 0.495 e. The van der Waals surface area contributed by atoms with Gasteiger partial charge < -0.3 is 10.1 Å². The van der Waals surface area contributed by atoms with Crippen LogP contribution in [0, 0.1) is 0 Å². The molecule has 0 aliphatic heterocycles. The average molecular weight is 406 g/mol. The van der Waals surface area contributed by atoms with Crippen molar-refractivity contribution in [2.45, 2.75) is 18.8 Å². The minimum atomic E-state index is -0.496. The third-order valence-electron chi connectivity index (χ3n) is 4.75. The summed E-state index contributed by atoms with van der Waals surface area (Å²) in [6.45, 7) is -0.0349. The van der Waals surface area contributed by atoms with Crippen molar-refractivity contribution in [1.29, 1.82) is 0 Å². The minimum absolute atomic E-state index is 0.0349. The smallest absolute Gasteiger partial charge is 0.292 e. The minimum Gasteiger partial charge on any atom is -0.495 e. The van der Waals surface area contributed by atoms with Gasteiger partial charge in [-0.05, 0) is 37.1 Å². The van der Waals surface area contributed by atoms with Crippen LogP contribution in [0.5, 0.6) is 5.75 Å². The molecule has 1 fully saturated rings. The van der Waals surface area contributed by atoms with Gasteiger partial charge in [0.1, 0.15) is 5.75 Å². The van der Waals surface area contributed by atoms with Crippen LogP contribution in [0.4, 0.5) is 5.69 Å². The topological polar surface area (TPSA) is 110 Å². The number of carbonyl (C=O) groups excluding carboxylic acids is 2. The molecule has 0 unspecified atom stereocenters. The molecule has 0 bridgehead atoms. The van der Waals surface area contributed by atoms with E-state index in [1.165, 1.54) is 0 Å². The lowest BCUT2D eigenvalue weighted by molar-refractivity contribution is -0.120. The van der Waals surface area contributed by atoms with E-state index in [1.807, 2.05) is 42.5 Å². The first kappa shape index (κ1) is 19.4. The van der Waals surface area contributed by atoms with E-state index < -0.39 is 11.8 Å². The maximum absolute atomic E-state index is 12.6. The molecule has 9 nitrogen and oxygen atoms in total. The van der Waals surface area contributed by atoms with Crippen LogP contribution in [0.15, 0.2) is 54.6 Å². The van der Waals surface area contributed by atoms with Crippen LogP contribution in [0.1, 0.15) is 34.9 Å². The molecule has 1 heterocycles. The van der Waals surface area contributed by atoms with E-state index in [9.17, 15) is 9.59 Å². The SMILES string of the molecule is COc1ccccc1NCC(=O)NNC(=O)c1nnn(-c2ccccc2)c1C1CC1. The first-order chi connectivity index (χ1) is 14.7. The third-order valence-corrected chi connectivity index (χ3v) is 4.75. The third kappa shape index (κ3) is 4.24. The molecule has 30 heavy (non-hydrogen) atoms. The zero-order chi connectivity index (χ0) is 20.9. The van der Waals surface area contributed by atoms with E-state index >= 15 is 0 Å². The van der Waals surface area contributed by atoms with Crippen LogP contribution in [0.25, 0.3) is 5.69 Å². The van der Waals surface area contributed by atoms with E-state index in [-0.39, 0.29) is 18.2 Å². The standard InChI is InChI=1S/C21H22N6O3/c1-30-17-10-6-5-9-16(17)22-13-18(28)23-25-21(29)19-20(14-11-12-14)27(26-24-19)15-7-3-2-4-8-15/h2-10,14,22H,11-13H2,1H3,(H,23,28)(H,25,29). The van der Waals surface area contributed by atoms with Gasteiger partial charge in [0, 0.05) is 5.92 Å². The normalized spacial score (nSPS) is 12.8. The highest BCUT2D eigenvalue weighted by Gasteiger charge is 2.34. The fourth-order valence-corrected chi connectivity index (χ4v) is 3.13. The van der Waals surface area contributed by atoms with Crippen molar-refractivity contribution in [1.82, 2.24) is 25.8 Å². The number of ether oxygens (including phenoxy) is 1. The van der Waals surface area contributed by atoms with Gasteiger partial charge in [0.05, 0.1) is 30.7 Å². The summed E-state index contributed by atoms with van der Waals surface area (Å²) in [5.74, 6) is -0.0350. The Balaban J connectivity index is 1.38. The molecule has 9 heteroatoms. The Morgan fingerprint density at radius 3 is 2.53 bits per heavy atom. The van der Waals surface area contributed by atoms with Crippen LogP contribution >= 0.6 is 0 Å². The number of benzene rings is 2. The Morgan fingerprint density at radius 2 is 1.80 bits per heavy atom. The molecule has 1 aliphatic rings. The Hall–Kier alpha value is -3.88. The number of anilines is 1. The molecule has 3 N–H and O–H groups in total. The number of nitrogens with one attached hydrogen (secondary N) is 3. The Bertz CT molecular complexity index is 1050. The number of hydrogen-bond donors (Lipinski definition) is 3. The predicted molar refractivity (Wildman–Crippen MR) is 110 cm³/mol. The first-order valence-corrected chi connectivity index (χ1v) is 9.64. The Morgan fingerprint density at radius 1 is 1.07 bits per heavy atom. The lowest BCUT2D eigenvalue weighted by Gasteiger charge is -2.11. The van der Waals surface area contributed by atoms with Gasteiger partial charge in [-0.15, -0.1) is 5.10 Å². The number of rotatable bonds is 7. The summed E-state index contributed by atoms with van der Waals surface area (Å²) in [5, 5.41) is 11.2. The predicted octanol–water partition coefficient (Wildman–Crippen LogP) is 2.03. The summed E-state index contributed by atoms with van der Waals surface area (Å²) in [7, 11) is 1.56. The maximum Gasteiger partial charge on any atom is 0.292 e. The lowest BCUT2D eigenvalue weighted by atomic mass is 10.2. The summed E-state index contributed by atoms with van der Waals surface area (Å²) < 4.78 is 6.92. The van der Waals surface area contributed by atoms with Gasteiger partial charge in [0.2, 0.25) is 0 Å². The first-order valence-electron chi connectivity index (χ1n) is 9.64. The molecule has 2 amide bonds. The van der Waals surface area contributed by atoms with Crippen molar-refractivity contribution in [3.8, 4) is 11.4 Å². The molecule has 1 aliphatic carbocycles. The number of nitrogens with zero attached hydrogens (tertiary/aromatic N) is 3. The zero-order valence-electron chi connectivity index (χ0n) is 16.5. The highest BCUT2D eigenvalue weighted by Crippen LogP contribution is 2.41. The maximum atomic E-state index is 12.6. The van der Waals surface area contributed by atoms with E-state index in [0.29, 0.717) is 11.4 Å². The van der Waals surface area contributed by atoms with Crippen LogP contribution in [0.2, 0.25) is 0 Å². The fourth-order valence-electron chi connectivity index (χ4n) is 3.13. The van der Waals surface area contributed by atoms with E-state index in [1.54, 1.807) is 23.9 Å². The van der Waals surface area contributed by atoms with E-state index in [2.05, 4.69) is 26.5 Å². The fraction of sp³-hybridized carbons (Fsp3) is 0.238. The second kappa shape index (κ2) is 8.64. The molecule has 4 rings (SSSR count). The van der Waals surface area contributed by atoms with Crippen LogP contribution in [0.3, 0.4) is 0 Å². The zero-order valence-corrected chi connectivity index (χ0v) is 16.5. The van der Waals surface area contributed by atoms with Gasteiger partial charge in [0.15, 0.2) is 5.69 Å². The molecule has 0 saturated heterocycles. The Labute approximate surface area is 173 Å². The number of hydrazine groups is 1. The second-order valence-electron chi connectivity index (χ2n) is 6.90. The molecule has 1 saturated carbocycles. The van der Waals surface area contributed by atoms with Crippen LogP contribution < -0.4 is 20.9 Å². The molecular formula is C21H22N6O3. The highest BCUT2D eigenvalue weighted by molar-refractivity contribution is 5.95. The molecule has 0 radical (unpaired) electrons. The quantitative estimate of drug-likeness (QED) is 0.518. The van der Waals surface area contributed by atoms with E-state index in [4.69, 9.17) is 4.74 Å². The number of methoxy groups -OCH3 is 1. The number of hydrogen-bond acceptors (Lipinski definition) is 6. The molecule has 154 valence electrons. The van der Waals surface area contributed by atoms with Crippen molar-refractivity contribution < 1.29 is 14.3 Å². The van der Waals surface area contributed by atoms with Crippen molar-refractivity contribution in [2.24, 2.45) is 0 Å². The summed E-state index contributed by atoms with van der Waals surface area (Å²) in [5.41, 5.74) is 7.34. The number of aromatic nitrogens is 3. The van der Waals surface area contributed by atoms with Crippen LogP contribution in [-0.4, -0.2) is 40.5 Å². The molecule has 0 spiro atoms. The number of amides is 2. The summed E-state index contributed by atoms with van der Waals surface area (Å²) in [6, 6.07) is 16.8.